The average molecular weight is 1390 g/mol. The molecule has 2 amide bonds. The number of fused-ring (bicyclic) bond motifs is 10. The molecule has 8 nitrogen and oxygen atoms in total. The van der Waals surface area contributed by atoms with Gasteiger partial charge in [0.2, 0.25) is 0 Å². The number of nitrogens with one attached hydrogen (secondary N) is 2. The predicted molar refractivity (Wildman–Crippen MR) is 448 cm³/mol. The zero-order valence-electron chi connectivity index (χ0n) is 63.8. The Morgan fingerprint density at radius 1 is 0.393 bits per heavy atom. The smallest absolute Gasteiger partial charge is 0.266 e. The van der Waals surface area contributed by atoms with Gasteiger partial charge >= 0.3 is 0 Å². The fraction of sp³-hybridized carbons (Fsp3) is 0.192. The van der Waals surface area contributed by atoms with Gasteiger partial charge in [-0.15, -0.1) is 0 Å². The Balaban J connectivity index is 0.800. The van der Waals surface area contributed by atoms with Crippen molar-refractivity contribution in [3.63, 3.8) is 0 Å². The lowest BCUT2D eigenvalue weighted by atomic mass is 9.83. The van der Waals surface area contributed by atoms with E-state index >= 15 is 9.59 Å². The third-order valence-electron chi connectivity index (χ3n) is 22.2. The summed E-state index contributed by atoms with van der Waals surface area (Å²) in [5.41, 5.74) is 32.4. The van der Waals surface area contributed by atoms with Crippen molar-refractivity contribution < 1.29 is 14.3 Å². The van der Waals surface area contributed by atoms with Gasteiger partial charge in [-0.3, -0.25) is 9.59 Å². The summed E-state index contributed by atoms with van der Waals surface area (Å²) in [5, 5.41) is 7.70. The molecule has 3 aromatic heterocycles. The van der Waals surface area contributed by atoms with E-state index in [4.69, 9.17) is 14.7 Å². The molecule has 0 radical (unpaired) electrons. The summed E-state index contributed by atoms with van der Waals surface area (Å²) in [6, 6.07) is 61.9. The lowest BCUT2D eigenvalue weighted by Crippen LogP contribution is -2.41. The van der Waals surface area contributed by atoms with E-state index in [2.05, 4.69) is 302 Å². The number of hydrogen-bond donors (Lipinski definition) is 2. The van der Waals surface area contributed by atoms with Gasteiger partial charge in [0, 0.05) is 82.7 Å². The normalized spacial score (nSPS) is 12.9. The number of carbonyl (C=O) groups excluding carboxylic acids is 2. The SMILES string of the molecule is Cc1cc(C)c(-c2c3nc(c(-c4c(C)cc(C)cc4C)c4ccc([nH]4)c(-c4c(C)cc(C)cc4C)c4nc(c(-c5cccc(C#Cc6cc(C(C)C)c(N7C(=O)c8ccc9c%10cccc%11c(Oc%12ccc(C(C)(C)C)cc%12)ccc(c%12ccc(c8c9%12)C7=O)c%11%10)c(C(C)C)c6)c5)c5ccc2[nH]5)C=C4)C=C3)c(C)c1. The second kappa shape index (κ2) is 25.6. The summed E-state index contributed by atoms with van der Waals surface area (Å²) in [7, 11) is 0. The second-order valence-electron chi connectivity index (χ2n) is 31.7. The maximum atomic E-state index is 15.6. The Kier molecular flexibility index (Phi) is 16.2. The Morgan fingerprint density at radius 3 is 1.25 bits per heavy atom. The molecular weight excluding hydrogens is 1310 g/mol. The van der Waals surface area contributed by atoms with Crippen LogP contribution in [-0.2, 0) is 5.41 Å². The van der Waals surface area contributed by atoms with E-state index in [1.165, 1.54) is 60.5 Å². The number of aryl methyl sites for hydroxylation is 9. The molecule has 524 valence electrons. The zero-order valence-corrected chi connectivity index (χ0v) is 63.8. The first-order valence-corrected chi connectivity index (χ1v) is 37.4. The predicted octanol–water partition coefficient (Wildman–Crippen LogP) is 25.7. The number of aromatic nitrogens is 4. The van der Waals surface area contributed by atoms with Crippen LogP contribution in [-0.4, -0.2) is 31.8 Å². The summed E-state index contributed by atoms with van der Waals surface area (Å²) in [6.45, 7) is 34.9. The Labute approximate surface area is 625 Å². The number of hydrogen-bond acceptors (Lipinski definition) is 5. The van der Waals surface area contributed by atoms with Gasteiger partial charge in [-0.1, -0.05) is 168 Å². The van der Waals surface area contributed by atoms with Gasteiger partial charge in [-0.25, -0.2) is 14.9 Å². The highest BCUT2D eigenvalue weighted by molar-refractivity contribution is 6.42. The second-order valence-corrected chi connectivity index (χ2v) is 31.7. The number of H-pyrrole nitrogens is 2. The molecule has 0 atom stereocenters. The van der Waals surface area contributed by atoms with Crippen molar-refractivity contribution in [3.8, 4) is 67.8 Å². The Morgan fingerprint density at radius 2 is 0.794 bits per heavy atom. The molecule has 107 heavy (non-hydrogen) atoms. The molecule has 0 saturated heterocycles. The molecule has 0 spiro atoms. The quantitative estimate of drug-likeness (QED) is 0.0648. The fourth-order valence-corrected chi connectivity index (χ4v) is 17.7. The van der Waals surface area contributed by atoms with Crippen molar-refractivity contribution in [2.75, 3.05) is 4.90 Å². The molecule has 11 aromatic carbocycles. The highest BCUT2D eigenvalue weighted by Crippen LogP contribution is 2.50. The highest BCUT2D eigenvalue weighted by Gasteiger charge is 2.39. The standard InChI is InChI=1S/C99H85N5O3/c1-52(2)75-50-64(51-76(53(3)4)96(75)104-97(105)73-31-29-70-68-21-18-22-72-85(107-67-27-25-66(26-28-67)99(14,15)16)42-33-69(90(68)72)71-30-32-74(98(104)106)92(73)91(70)71)24-23-63-19-17-20-65(49-63)89-77-34-36-79(100-77)93(86-57(8)43-54(5)44-58(86)9)81-38-40-83(102-81)95(88-61(12)47-56(7)48-62(88)13)84-41-39-82(103-84)94(80-37-35-78(89)101-80)87-59(10)45-55(6)46-60(87)11/h17-22,25-53,100,103H,1-16H3. The van der Waals surface area contributed by atoms with Crippen LogP contribution in [0.1, 0.15) is 182 Å². The van der Waals surface area contributed by atoms with Crippen molar-refractivity contribution in [2.24, 2.45) is 0 Å². The van der Waals surface area contributed by atoms with Crippen LogP contribution >= 0.6 is 0 Å². The van der Waals surface area contributed by atoms with Gasteiger partial charge in [0.1, 0.15) is 11.5 Å². The Bertz CT molecular complexity index is 6320. The minimum Gasteiger partial charge on any atom is -0.457 e. The number of nitrogens with zero attached hydrogens (tertiary/aromatic N) is 3. The molecule has 2 N–H and O–H groups in total. The largest absolute Gasteiger partial charge is 0.457 e. The van der Waals surface area contributed by atoms with Crippen LogP contribution in [0.15, 0.2) is 176 Å². The van der Waals surface area contributed by atoms with Crippen LogP contribution in [0.5, 0.6) is 11.5 Å². The zero-order chi connectivity index (χ0) is 74.5. The van der Waals surface area contributed by atoms with E-state index in [1.54, 1.807) is 0 Å². The molecule has 8 bridgehead atoms. The first-order valence-electron chi connectivity index (χ1n) is 37.4. The van der Waals surface area contributed by atoms with E-state index in [9.17, 15) is 0 Å². The molecule has 0 unspecified atom stereocenters. The third kappa shape index (κ3) is 11.4. The molecule has 3 aliphatic rings. The van der Waals surface area contributed by atoms with Crippen molar-refractivity contribution in [2.45, 2.75) is 128 Å². The van der Waals surface area contributed by atoms with Crippen LogP contribution in [0.2, 0.25) is 0 Å². The maximum absolute atomic E-state index is 15.6. The monoisotopic (exact) mass is 1390 g/mol. The summed E-state index contributed by atoms with van der Waals surface area (Å²) in [4.78, 5) is 52.2. The third-order valence-corrected chi connectivity index (χ3v) is 22.2. The minimum absolute atomic E-state index is 0.0222. The molecule has 3 aliphatic heterocycles. The molecular formula is C99H85N5O3. The summed E-state index contributed by atoms with van der Waals surface area (Å²) in [5.74, 6) is 7.91. The fourth-order valence-electron chi connectivity index (χ4n) is 17.7. The topological polar surface area (TPSA) is 104 Å². The first-order chi connectivity index (χ1) is 51.3. The summed E-state index contributed by atoms with van der Waals surface area (Å²) < 4.78 is 6.65. The molecule has 0 fully saturated rings. The maximum Gasteiger partial charge on any atom is 0.266 e. The van der Waals surface area contributed by atoms with Gasteiger partial charge < -0.3 is 14.7 Å². The van der Waals surface area contributed by atoms with E-state index in [0.29, 0.717) is 22.2 Å². The molecule has 17 rings (SSSR count). The molecule has 8 heteroatoms. The van der Waals surface area contributed by atoms with Gasteiger partial charge in [-0.05, 0) is 288 Å². The number of anilines is 1. The summed E-state index contributed by atoms with van der Waals surface area (Å²) >= 11 is 0. The van der Waals surface area contributed by atoms with Crippen LogP contribution in [0.3, 0.4) is 0 Å². The minimum atomic E-state index is -0.340. The molecule has 0 saturated carbocycles. The number of ether oxygens (including phenoxy) is 1. The first kappa shape index (κ1) is 68.0. The van der Waals surface area contributed by atoms with Crippen molar-refractivity contribution in [1.29, 1.82) is 0 Å². The molecule has 14 aromatic rings. The van der Waals surface area contributed by atoms with Gasteiger partial charge in [0.05, 0.1) is 28.5 Å². The van der Waals surface area contributed by atoms with E-state index in [-0.39, 0.29) is 29.1 Å². The highest BCUT2D eigenvalue weighted by atomic mass is 16.5. The number of carbonyl (C=O) groups is 2. The number of rotatable bonds is 9. The van der Waals surface area contributed by atoms with Crippen LogP contribution in [0.25, 0.3) is 134 Å². The number of amides is 2. The lowest BCUT2D eigenvalue weighted by molar-refractivity contribution is 0.0892. The van der Waals surface area contributed by atoms with Gasteiger partial charge in [0.25, 0.3) is 11.8 Å². The summed E-state index contributed by atoms with van der Waals surface area (Å²) in [6.07, 6.45) is 8.72. The molecule has 0 aliphatic carbocycles. The van der Waals surface area contributed by atoms with Crippen LogP contribution in [0, 0.1) is 74.2 Å². The number of imide groups is 1. The number of benzene rings is 11. The van der Waals surface area contributed by atoms with E-state index in [1.807, 2.05) is 30.3 Å². The van der Waals surface area contributed by atoms with Crippen molar-refractivity contribution >= 4 is 107 Å². The average Bonchev–Trinajstić information content (AvgIpc) is 1.57. The van der Waals surface area contributed by atoms with Gasteiger partial charge in [0.15, 0.2) is 0 Å². The van der Waals surface area contributed by atoms with Gasteiger partial charge in [-0.2, -0.15) is 0 Å². The van der Waals surface area contributed by atoms with E-state index < -0.39 is 0 Å². The number of aromatic amines is 2. The van der Waals surface area contributed by atoms with Crippen LogP contribution in [0.4, 0.5) is 5.69 Å². The lowest BCUT2D eigenvalue weighted by Gasteiger charge is -2.33. The van der Waals surface area contributed by atoms with Crippen molar-refractivity contribution in [3.05, 3.63) is 288 Å². The van der Waals surface area contributed by atoms with E-state index in [0.717, 1.165) is 161 Å². The molecule has 6 heterocycles. The Hall–Kier alpha value is -12.2. The van der Waals surface area contributed by atoms with Crippen LogP contribution < -0.4 is 9.64 Å². The van der Waals surface area contributed by atoms with Crippen molar-refractivity contribution in [1.82, 2.24) is 19.9 Å².